The van der Waals surface area contributed by atoms with Crippen LogP contribution in [0, 0.1) is 0 Å². The lowest BCUT2D eigenvalue weighted by Crippen LogP contribution is -2.34. The summed E-state index contributed by atoms with van der Waals surface area (Å²) in [6.45, 7) is 0.773. The predicted molar refractivity (Wildman–Crippen MR) is 160 cm³/mol. The van der Waals surface area contributed by atoms with Crippen LogP contribution < -0.4 is 51.2 Å². The molecule has 5 atom stereocenters. The van der Waals surface area contributed by atoms with Crippen LogP contribution in [0.2, 0.25) is 0 Å². The molecule has 0 radical (unpaired) electrons. The molecule has 1 aliphatic rings. The fourth-order valence-electron chi connectivity index (χ4n) is 2.34. The second-order valence-corrected chi connectivity index (χ2v) is 9.07. The summed E-state index contributed by atoms with van der Waals surface area (Å²) in [6, 6.07) is -4.36. The van der Waals surface area contributed by atoms with Gasteiger partial charge in [0.25, 0.3) is 0 Å². The number of guanidine groups is 1. The van der Waals surface area contributed by atoms with Crippen molar-refractivity contribution in [2.45, 2.75) is 75.2 Å². The summed E-state index contributed by atoms with van der Waals surface area (Å²) in [5.74, 6) is -6.44. The smallest absolute Gasteiger partial charge is 0.322 e. The van der Waals surface area contributed by atoms with E-state index < -0.39 is 72.4 Å². The third kappa shape index (κ3) is 35.5. The number of aliphatic carboxylic acids is 5. The molecule has 1 saturated heterocycles. The molecule has 1 rings (SSSR count). The molecule has 0 aliphatic carbocycles. The molecule has 0 spiro atoms. The number of aliphatic imine (C=N–C) groups is 1. The lowest BCUT2D eigenvalue weighted by Gasteiger charge is -2.03. The molecule has 1 aliphatic heterocycles. The van der Waals surface area contributed by atoms with Crippen LogP contribution in [0.4, 0.5) is 0 Å². The summed E-state index contributed by atoms with van der Waals surface area (Å²) < 4.78 is 0. The topological polar surface area (TPSA) is 473 Å². The Morgan fingerprint density at radius 3 is 1.39 bits per heavy atom. The molecule has 23 N–H and O–H groups in total. The Balaban J connectivity index is -0.000000242. The molecular formula is C23H48N10O13. The zero-order valence-corrected chi connectivity index (χ0v) is 25.1. The molecule has 0 aromatic carbocycles. The van der Waals surface area contributed by atoms with Crippen LogP contribution in [-0.2, 0) is 33.6 Å². The number of carbonyl (C=O) groups is 7. The Bertz CT molecular complexity index is 974. The monoisotopic (exact) mass is 672 g/mol. The number of aliphatic hydroxyl groups is 1. The van der Waals surface area contributed by atoms with Crippen LogP contribution in [0.15, 0.2) is 4.99 Å². The van der Waals surface area contributed by atoms with Crippen LogP contribution in [-0.4, -0.2) is 128 Å². The number of nitrogens with one attached hydrogen (secondary N) is 1. The molecule has 0 bridgehead atoms. The average Bonchev–Trinajstić information content (AvgIpc) is 3.50. The maximum atomic E-state index is 10.2. The number of carboxylic acids is 5. The van der Waals surface area contributed by atoms with Gasteiger partial charge in [0.1, 0.15) is 30.2 Å². The van der Waals surface area contributed by atoms with Gasteiger partial charge in [0.15, 0.2) is 5.96 Å². The fraction of sp³-hybridized carbons (Fsp3) is 0.652. The molecule has 46 heavy (non-hydrogen) atoms. The Morgan fingerprint density at radius 1 is 0.696 bits per heavy atom. The van der Waals surface area contributed by atoms with E-state index in [-0.39, 0.29) is 31.3 Å². The van der Waals surface area contributed by atoms with Crippen molar-refractivity contribution in [1.29, 1.82) is 0 Å². The number of nitrogens with two attached hydrogens (primary N) is 8. The minimum Gasteiger partial charge on any atom is -0.480 e. The van der Waals surface area contributed by atoms with E-state index in [1.54, 1.807) is 0 Å². The molecule has 1 fully saturated rings. The maximum Gasteiger partial charge on any atom is 0.322 e. The molecular weight excluding hydrogens is 624 g/mol. The van der Waals surface area contributed by atoms with Gasteiger partial charge in [0, 0.05) is 13.0 Å². The van der Waals surface area contributed by atoms with E-state index in [1.165, 1.54) is 0 Å². The number of carboxylic acid groups (broad SMARTS) is 5. The highest BCUT2D eigenvalue weighted by Crippen LogP contribution is 2.03. The SMILES string of the molecule is NC(=O)CC(N)C(=O)O.NC(=O)CCC(N)C(=O)O.NC(CO)C(=O)O.NC(N)=NCCCC(N)C(=O)O.O=C(O)[C@@H]1CCCN1. The summed E-state index contributed by atoms with van der Waals surface area (Å²) in [5, 5.41) is 51.8. The molecule has 23 nitrogen and oxygen atoms in total. The number of nitrogens with zero attached hydrogens (tertiary/aromatic N) is 1. The van der Waals surface area contributed by atoms with Gasteiger partial charge >= 0.3 is 29.8 Å². The van der Waals surface area contributed by atoms with E-state index in [0.29, 0.717) is 19.4 Å². The second-order valence-electron chi connectivity index (χ2n) is 9.07. The number of carbonyl (C=O) groups excluding carboxylic acids is 2. The highest BCUT2D eigenvalue weighted by molar-refractivity contribution is 5.83. The Labute approximate surface area is 263 Å². The average molecular weight is 673 g/mol. The zero-order chi connectivity index (χ0) is 37.0. The largest absolute Gasteiger partial charge is 0.480 e. The highest BCUT2D eigenvalue weighted by Gasteiger charge is 2.20. The predicted octanol–water partition coefficient (Wildman–Crippen LogP) is -6.40. The first-order chi connectivity index (χ1) is 21.1. The Morgan fingerprint density at radius 2 is 1.15 bits per heavy atom. The third-order valence-electron chi connectivity index (χ3n) is 4.91. The second kappa shape index (κ2) is 29.1. The normalized spacial score (nSPS) is 15.3. The minimum atomic E-state index is -1.21. The molecule has 0 aromatic rings. The Kier molecular flexibility index (Phi) is 30.5. The number of rotatable bonds is 15. The van der Waals surface area contributed by atoms with Gasteiger partial charge < -0.3 is 81.8 Å². The molecule has 0 saturated carbocycles. The lowest BCUT2D eigenvalue weighted by molar-refractivity contribution is -0.140. The molecule has 0 aromatic heterocycles. The van der Waals surface area contributed by atoms with E-state index in [9.17, 15) is 33.6 Å². The summed E-state index contributed by atoms with van der Waals surface area (Å²) in [4.78, 5) is 73.7. The van der Waals surface area contributed by atoms with Gasteiger partial charge in [-0.15, -0.1) is 0 Å². The molecule has 268 valence electrons. The highest BCUT2D eigenvalue weighted by atomic mass is 16.4. The van der Waals surface area contributed by atoms with Gasteiger partial charge in [-0.2, -0.15) is 0 Å². The summed E-state index contributed by atoms with van der Waals surface area (Å²) in [6.07, 6.45) is 2.55. The van der Waals surface area contributed by atoms with Crippen molar-refractivity contribution in [3.05, 3.63) is 0 Å². The van der Waals surface area contributed by atoms with Gasteiger partial charge in [-0.25, -0.2) is 0 Å². The summed E-state index contributed by atoms with van der Waals surface area (Å²) in [7, 11) is 0. The van der Waals surface area contributed by atoms with E-state index in [4.69, 9.17) is 70.8 Å². The first kappa shape index (κ1) is 48.2. The zero-order valence-electron chi connectivity index (χ0n) is 25.1. The van der Waals surface area contributed by atoms with E-state index in [2.05, 4.69) is 16.0 Å². The van der Waals surface area contributed by atoms with Crippen LogP contribution in [0.25, 0.3) is 0 Å². The van der Waals surface area contributed by atoms with Gasteiger partial charge in [0.2, 0.25) is 11.8 Å². The number of aliphatic hydroxyl groups excluding tert-OH is 1. The standard InChI is InChI=1S/C6H14N4O2.C5H10N2O3.C5H9NO2.C4H8N2O3.C3H7NO3/c7-4(5(11)12)2-1-3-10-6(8)9;6-3(5(9)10)1-2-4(7)8;7-5(8)4-2-1-3-6-4;5-2(4(8)9)1-3(6)7;4-2(1-5)3(6)7/h4H,1-3,7H2,(H,11,12)(H4,8,9,10);3H,1-2,6H2,(H2,7,8)(H,9,10);4,6H,1-3H2,(H,7,8);2H,1,5H2,(H2,6,7)(H,8,9);2,5H,1,4H2,(H,6,7)/t;;4-;;/m..0../s1. The van der Waals surface area contributed by atoms with Crippen molar-refractivity contribution in [3.8, 4) is 0 Å². The Hall–Kier alpha value is -4.68. The lowest BCUT2D eigenvalue weighted by atomic mass is 10.2. The van der Waals surface area contributed by atoms with Gasteiger partial charge in [-0.1, -0.05) is 0 Å². The van der Waals surface area contributed by atoms with Crippen molar-refractivity contribution in [1.82, 2.24) is 5.32 Å². The quantitative estimate of drug-likeness (QED) is 0.0436. The fourth-order valence-corrected chi connectivity index (χ4v) is 2.34. The maximum absolute atomic E-state index is 10.2. The van der Waals surface area contributed by atoms with Gasteiger partial charge in [-0.3, -0.25) is 38.6 Å². The number of hydrogen-bond donors (Lipinski definition) is 15. The first-order valence-corrected chi connectivity index (χ1v) is 13.2. The molecule has 4 unspecified atom stereocenters. The van der Waals surface area contributed by atoms with Gasteiger partial charge in [0.05, 0.1) is 13.0 Å². The van der Waals surface area contributed by atoms with Crippen molar-refractivity contribution < 1.29 is 64.2 Å². The van der Waals surface area contributed by atoms with Crippen LogP contribution >= 0.6 is 0 Å². The third-order valence-corrected chi connectivity index (χ3v) is 4.91. The minimum absolute atomic E-state index is 0.0129. The van der Waals surface area contributed by atoms with E-state index in [0.717, 1.165) is 19.4 Å². The number of primary amides is 2. The van der Waals surface area contributed by atoms with Gasteiger partial charge in [-0.05, 0) is 38.6 Å². The number of hydrogen-bond acceptors (Lipinski definition) is 14. The molecule has 2 amide bonds. The summed E-state index contributed by atoms with van der Waals surface area (Å²) >= 11 is 0. The summed E-state index contributed by atoms with van der Waals surface area (Å²) in [5.41, 5.74) is 39.5. The van der Waals surface area contributed by atoms with Crippen LogP contribution in [0.1, 0.15) is 44.9 Å². The van der Waals surface area contributed by atoms with Crippen LogP contribution in [0.5, 0.6) is 0 Å². The van der Waals surface area contributed by atoms with Crippen molar-refractivity contribution >= 4 is 47.6 Å². The van der Waals surface area contributed by atoms with E-state index in [1.807, 2.05) is 0 Å². The van der Waals surface area contributed by atoms with Crippen molar-refractivity contribution in [2.75, 3.05) is 19.7 Å². The molecule has 1 heterocycles. The first-order valence-electron chi connectivity index (χ1n) is 13.2. The van der Waals surface area contributed by atoms with E-state index >= 15 is 0 Å². The van der Waals surface area contributed by atoms with Crippen molar-refractivity contribution in [3.63, 3.8) is 0 Å². The van der Waals surface area contributed by atoms with Crippen molar-refractivity contribution in [2.24, 2.45) is 50.9 Å². The number of amides is 2. The van der Waals surface area contributed by atoms with Crippen LogP contribution in [0.3, 0.4) is 0 Å². The molecule has 23 heteroatoms.